The Bertz CT molecular complexity index is 843. The fraction of sp³-hybridized carbons (Fsp3) is 0.167. The molecule has 2 heterocycles. The van der Waals surface area contributed by atoms with Crippen molar-refractivity contribution >= 4 is 29.2 Å². The van der Waals surface area contributed by atoms with E-state index in [0.717, 1.165) is 16.9 Å². The Morgan fingerprint density at radius 2 is 1.96 bits per heavy atom. The number of benzene rings is 1. The molecule has 0 saturated carbocycles. The highest BCUT2D eigenvalue weighted by Crippen LogP contribution is 2.23. The molecule has 0 unspecified atom stereocenters. The Kier molecular flexibility index (Phi) is 5.81. The molecule has 0 atom stereocenters. The zero-order valence-electron chi connectivity index (χ0n) is 13.8. The third-order valence-electron chi connectivity index (χ3n) is 3.46. The van der Waals surface area contributed by atoms with Gasteiger partial charge in [0.2, 0.25) is 5.95 Å². The number of nitrogens with zero attached hydrogens (tertiary/aromatic N) is 3. The van der Waals surface area contributed by atoms with Crippen molar-refractivity contribution in [2.24, 2.45) is 0 Å². The van der Waals surface area contributed by atoms with E-state index < -0.39 is 0 Å². The van der Waals surface area contributed by atoms with E-state index in [1.54, 1.807) is 24.2 Å². The van der Waals surface area contributed by atoms with Crippen LogP contribution in [0, 0.1) is 0 Å². The van der Waals surface area contributed by atoms with Crippen LogP contribution in [0.3, 0.4) is 0 Å². The molecule has 0 fully saturated rings. The number of hydrogen-bond donors (Lipinski definition) is 3. The Labute approximate surface area is 150 Å². The molecule has 25 heavy (non-hydrogen) atoms. The van der Waals surface area contributed by atoms with Crippen molar-refractivity contribution < 1.29 is 5.11 Å². The molecule has 0 saturated heterocycles. The summed E-state index contributed by atoms with van der Waals surface area (Å²) in [5.74, 6) is 1.24. The highest BCUT2D eigenvalue weighted by atomic mass is 32.2. The number of anilines is 3. The van der Waals surface area contributed by atoms with Crippen LogP contribution in [0.2, 0.25) is 0 Å². The Morgan fingerprint density at radius 1 is 1.08 bits per heavy atom. The number of hydrogen-bond acceptors (Lipinski definition) is 7. The lowest BCUT2D eigenvalue weighted by Crippen LogP contribution is -2.06. The van der Waals surface area contributed by atoms with Crippen molar-refractivity contribution in [1.29, 1.82) is 0 Å². The second-order valence-electron chi connectivity index (χ2n) is 5.20. The number of aliphatic hydroxyl groups is 1. The molecule has 0 spiro atoms. The highest BCUT2D eigenvalue weighted by Gasteiger charge is 2.05. The number of pyridine rings is 1. The summed E-state index contributed by atoms with van der Waals surface area (Å²) in [6.07, 6.45) is 5.48. The van der Waals surface area contributed by atoms with E-state index in [4.69, 9.17) is 5.11 Å². The molecule has 1 aromatic carbocycles. The van der Waals surface area contributed by atoms with E-state index in [-0.39, 0.29) is 6.61 Å². The third-order valence-corrected chi connectivity index (χ3v) is 4.18. The maximum absolute atomic E-state index is 8.91. The van der Waals surface area contributed by atoms with Gasteiger partial charge < -0.3 is 15.7 Å². The average Bonchev–Trinajstić information content (AvgIpc) is 2.67. The van der Waals surface area contributed by atoms with E-state index in [0.29, 0.717) is 18.3 Å². The summed E-state index contributed by atoms with van der Waals surface area (Å²) in [5, 5.41) is 15.2. The molecule has 0 aliphatic heterocycles. The molecule has 0 amide bonds. The smallest absolute Gasteiger partial charge is 0.227 e. The van der Waals surface area contributed by atoms with Crippen LogP contribution in [0.1, 0.15) is 0 Å². The van der Waals surface area contributed by atoms with Crippen molar-refractivity contribution in [3.63, 3.8) is 0 Å². The standard InChI is InChI=1S/C18H19N5OS/c1-25-15-4-2-3-14(12-15)22-18-21-8-6-16(23-18)13-5-7-19-17(11-13)20-9-10-24/h2-8,11-12,24H,9-10H2,1H3,(H,19,20)(H,21,22,23). The van der Waals surface area contributed by atoms with Crippen LogP contribution in [0.15, 0.2) is 59.8 Å². The first-order valence-corrected chi connectivity index (χ1v) is 9.06. The molecular formula is C18H19N5OS. The summed E-state index contributed by atoms with van der Waals surface area (Å²) in [6, 6.07) is 13.8. The number of nitrogens with one attached hydrogen (secondary N) is 2. The Balaban J connectivity index is 1.81. The van der Waals surface area contributed by atoms with Crippen LogP contribution in [0.4, 0.5) is 17.5 Å². The summed E-state index contributed by atoms with van der Waals surface area (Å²) in [4.78, 5) is 14.3. The Morgan fingerprint density at radius 3 is 2.80 bits per heavy atom. The van der Waals surface area contributed by atoms with Crippen molar-refractivity contribution in [2.75, 3.05) is 30.0 Å². The third kappa shape index (κ3) is 4.68. The van der Waals surface area contributed by atoms with Crippen LogP contribution >= 0.6 is 11.8 Å². The maximum atomic E-state index is 8.91. The van der Waals surface area contributed by atoms with Gasteiger partial charge in [-0.15, -0.1) is 11.8 Å². The van der Waals surface area contributed by atoms with Gasteiger partial charge >= 0.3 is 0 Å². The lowest BCUT2D eigenvalue weighted by Gasteiger charge is -2.09. The van der Waals surface area contributed by atoms with Crippen LogP contribution in [-0.2, 0) is 0 Å². The summed E-state index contributed by atoms with van der Waals surface area (Å²) in [7, 11) is 0. The van der Waals surface area contributed by atoms with Crippen molar-refractivity contribution in [3.8, 4) is 11.3 Å². The number of aromatic nitrogens is 3. The molecule has 7 heteroatoms. The van der Waals surface area contributed by atoms with Gasteiger partial charge in [-0.1, -0.05) is 6.07 Å². The number of aliphatic hydroxyl groups excluding tert-OH is 1. The minimum atomic E-state index is 0.0581. The SMILES string of the molecule is CSc1cccc(Nc2nccc(-c3ccnc(NCCO)c3)n2)c1. The molecule has 0 bridgehead atoms. The van der Waals surface area contributed by atoms with Crippen LogP contribution in [0.25, 0.3) is 11.3 Å². The molecule has 0 radical (unpaired) electrons. The predicted octanol–water partition coefficient (Wildman–Crippen LogP) is 3.41. The quantitative estimate of drug-likeness (QED) is 0.561. The van der Waals surface area contributed by atoms with E-state index in [1.165, 1.54) is 4.90 Å². The molecule has 128 valence electrons. The average molecular weight is 353 g/mol. The normalized spacial score (nSPS) is 10.5. The van der Waals surface area contributed by atoms with E-state index in [9.17, 15) is 0 Å². The van der Waals surface area contributed by atoms with Crippen LogP contribution in [-0.4, -0.2) is 39.5 Å². The highest BCUT2D eigenvalue weighted by molar-refractivity contribution is 7.98. The molecule has 3 rings (SSSR count). The minimum Gasteiger partial charge on any atom is -0.395 e. The van der Waals surface area contributed by atoms with Gasteiger partial charge in [0.05, 0.1) is 12.3 Å². The van der Waals surface area contributed by atoms with Gasteiger partial charge in [0, 0.05) is 35.1 Å². The first-order valence-electron chi connectivity index (χ1n) is 7.84. The van der Waals surface area contributed by atoms with Crippen molar-refractivity contribution in [1.82, 2.24) is 15.0 Å². The van der Waals surface area contributed by atoms with Crippen LogP contribution in [0.5, 0.6) is 0 Å². The number of rotatable bonds is 7. The lowest BCUT2D eigenvalue weighted by molar-refractivity contribution is 0.311. The molecule has 6 nitrogen and oxygen atoms in total. The van der Waals surface area contributed by atoms with Gasteiger partial charge in [0.25, 0.3) is 0 Å². The van der Waals surface area contributed by atoms with Crippen LogP contribution < -0.4 is 10.6 Å². The lowest BCUT2D eigenvalue weighted by atomic mass is 10.2. The van der Waals surface area contributed by atoms with E-state index >= 15 is 0 Å². The molecule has 0 aliphatic carbocycles. The Hall–Kier alpha value is -2.64. The second-order valence-corrected chi connectivity index (χ2v) is 6.08. The molecule has 3 N–H and O–H groups in total. The van der Waals surface area contributed by atoms with Crippen molar-refractivity contribution in [2.45, 2.75) is 4.90 Å². The monoisotopic (exact) mass is 353 g/mol. The predicted molar refractivity (Wildman–Crippen MR) is 102 cm³/mol. The van der Waals surface area contributed by atoms with Gasteiger partial charge in [0.15, 0.2) is 0 Å². The fourth-order valence-corrected chi connectivity index (χ4v) is 2.74. The first kappa shape index (κ1) is 17.2. The van der Waals surface area contributed by atoms with Gasteiger partial charge in [-0.05, 0) is 42.7 Å². The first-order chi connectivity index (χ1) is 12.3. The van der Waals surface area contributed by atoms with Gasteiger partial charge in [0.1, 0.15) is 5.82 Å². The maximum Gasteiger partial charge on any atom is 0.227 e. The molecule has 2 aromatic heterocycles. The zero-order valence-corrected chi connectivity index (χ0v) is 14.6. The topological polar surface area (TPSA) is 83.0 Å². The van der Waals surface area contributed by atoms with Gasteiger partial charge in [-0.3, -0.25) is 0 Å². The van der Waals surface area contributed by atoms with E-state index in [1.807, 2.05) is 36.6 Å². The van der Waals surface area contributed by atoms with Crippen molar-refractivity contribution in [3.05, 3.63) is 54.9 Å². The fourth-order valence-electron chi connectivity index (χ4n) is 2.28. The van der Waals surface area contributed by atoms with Gasteiger partial charge in [-0.25, -0.2) is 15.0 Å². The van der Waals surface area contributed by atoms with Gasteiger partial charge in [-0.2, -0.15) is 0 Å². The molecule has 3 aromatic rings. The molecule has 0 aliphatic rings. The number of thioether (sulfide) groups is 1. The summed E-state index contributed by atoms with van der Waals surface area (Å²) < 4.78 is 0. The summed E-state index contributed by atoms with van der Waals surface area (Å²) >= 11 is 1.69. The zero-order chi connectivity index (χ0) is 17.5. The second kappa shape index (κ2) is 8.46. The largest absolute Gasteiger partial charge is 0.395 e. The summed E-state index contributed by atoms with van der Waals surface area (Å²) in [6.45, 7) is 0.515. The molecular weight excluding hydrogens is 334 g/mol. The summed E-state index contributed by atoms with van der Waals surface area (Å²) in [5.41, 5.74) is 2.68. The minimum absolute atomic E-state index is 0.0581. The van der Waals surface area contributed by atoms with E-state index in [2.05, 4.69) is 37.7 Å².